The molecule has 2 rings (SSSR count). The molecule has 104 valence electrons. The highest BCUT2D eigenvalue weighted by molar-refractivity contribution is 9.10. The quantitative estimate of drug-likeness (QED) is 0.925. The Labute approximate surface area is 121 Å². The van der Waals surface area contributed by atoms with E-state index in [1.54, 1.807) is 12.1 Å². The standard InChI is InChI=1S/C14H18BrFN2O/c1-17-9-10-4-6-18(7-5-10)14(19)11-2-3-12(15)13(16)8-11/h2-3,8,10,17H,4-7,9H2,1H3. The number of hydrogen-bond donors (Lipinski definition) is 1. The fraction of sp³-hybridized carbons (Fsp3) is 0.500. The third-order valence-electron chi connectivity index (χ3n) is 3.56. The zero-order chi connectivity index (χ0) is 13.8. The van der Waals surface area contributed by atoms with Gasteiger partial charge in [-0.15, -0.1) is 0 Å². The number of rotatable bonds is 3. The summed E-state index contributed by atoms with van der Waals surface area (Å²) < 4.78 is 13.8. The smallest absolute Gasteiger partial charge is 0.253 e. The predicted molar refractivity (Wildman–Crippen MR) is 76.7 cm³/mol. The van der Waals surface area contributed by atoms with Gasteiger partial charge in [-0.05, 0) is 66.5 Å². The molecule has 0 unspecified atom stereocenters. The van der Waals surface area contributed by atoms with Crippen molar-refractivity contribution in [2.75, 3.05) is 26.7 Å². The molecule has 1 amide bonds. The van der Waals surface area contributed by atoms with Gasteiger partial charge in [0.1, 0.15) is 5.82 Å². The summed E-state index contributed by atoms with van der Waals surface area (Å²) in [4.78, 5) is 14.1. The number of piperidine rings is 1. The van der Waals surface area contributed by atoms with Gasteiger partial charge in [0, 0.05) is 18.7 Å². The van der Waals surface area contributed by atoms with E-state index in [1.807, 2.05) is 11.9 Å². The van der Waals surface area contributed by atoms with Crippen LogP contribution in [0.25, 0.3) is 0 Å². The highest BCUT2D eigenvalue weighted by Gasteiger charge is 2.23. The minimum absolute atomic E-state index is 0.0747. The van der Waals surface area contributed by atoms with Crippen molar-refractivity contribution in [2.45, 2.75) is 12.8 Å². The Kier molecular flexibility index (Phi) is 4.93. The van der Waals surface area contributed by atoms with Gasteiger partial charge in [0.15, 0.2) is 0 Å². The van der Waals surface area contributed by atoms with Crippen molar-refractivity contribution in [3.8, 4) is 0 Å². The molecule has 0 aliphatic carbocycles. The maximum absolute atomic E-state index is 13.4. The van der Waals surface area contributed by atoms with E-state index >= 15 is 0 Å². The highest BCUT2D eigenvalue weighted by atomic mass is 79.9. The van der Waals surface area contributed by atoms with Gasteiger partial charge in [-0.1, -0.05) is 0 Å². The maximum Gasteiger partial charge on any atom is 0.253 e. The maximum atomic E-state index is 13.4. The van der Waals surface area contributed by atoms with Crippen LogP contribution in [0, 0.1) is 11.7 Å². The van der Waals surface area contributed by atoms with Crippen molar-refractivity contribution in [1.29, 1.82) is 0 Å². The van der Waals surface area contributed by atoms with E-state index in [-0.39, 0.29) is 5.91 Å². The van der Waals surface area contributed by atoms with Gasteiger partial charge in [-0.3, -0.25) is 4.79 Å². The number of benzene rings is 1. The average molecular weight is 329 g/mol. The fourth-order valence-corrected chi connectivity index (χ4v) is 2.69. The Morgan fingerprint density at radius 1 is 1.47 bits per heavy atom. The zero-order valence-corrected chi connectivity index (χ0v) is 12.5. The second-order valence-corrected chi connectivity index (χ2v) is 5.78. The van der Waals surface area contributed by atoms with Crippen LogP contribution in [0.5, 0.6) is 0 Å². The number of hydrogen-bond acceptors (Lipinski definition) is 2. The van der Waals surface area contributed by atoms with Crippen LogP contribution in [0.4, 0.5) is 4.39 Å². The fourth-order valence-electron chi connectivity index (χ4n) is 2.44. The molecule has 1 fully saturated rings. The molecule has 1 aliphatic heterocycles. The predicted octanol–water partition coefficient (Wildman–Crippen LogP) is 2.66. The molecular formula is C14H18BrFN2O. The largest absolute Gasteiger partial charge is 0.339 e. The Hall–Kier alpha value is -0.940. The SMILES string of the molecule is CNCC1CCN(C(=O)c2ccc(Br)c(F)c2)CC1. The molecule has 1 saturated heterocycles. The lowest BCUT2D eigenvalue weighted by Gasteiger charge is -2.32. The van der Waals surface area contributed by atoms with Crippen molar-refractivity contribution in [3.05, 3.63) is 34.1 Å². The van der Waals surface area contributed by atoms with Crippen LogP contribution in [0.15, 0.2) is 22.7 Å². The van der Waals surface area contributed by atoms with Crippen LogP contribution in [-0.4, -0.2) is 37.5 Å². The molecule has 0 aromatic heterocycles. The van der Waals surface area contributed by atoms with Gasteiger partial charge in [-0.25, -0.2) is 4.39 Å². The van der Waals surface area contributed by atoms with Gasteiger partial charge < -0.3 is 10.2 Å². The van der Waals surface area contributed by atoms with Crippen molar-refractivity contribution >= 4 is 21.8 Å². The summed E-state index contributed by atoms with van der Waals surface area (Å²) in [5, 5.41) is 3.17. The molecule has 0 radical (unpaired) electrons. The Morgan fingerprint density at radius 3 is 2.74 bits per heavy atom. The van der Waals surface area contributed by atoms with Gasteiger partial charge in [0.25, 0.3) is 5.91 Å². The number of likely N-dealkylation sites (tertiary alicyclic amines) is 1. The first-order valence-corrected chi connectivity index (χ1v) is 7.30. The summed E-state index contributed by atoms with van der Waals surface area (Å²) >= 11 is 3.09. The van der Waals surface area contributed by atoms with Gasteiger partial charge in [0.05, 0.1) is 4.47 Å². The summed E-state index contributed by atoms with van der Waals surface area (Å²) in [6.45, 7) is 2.50. The second-order valence-electron chi connectivity index (χ2n) is 4.92. The van der Waals surface area contributed by atoms with Crippen LogP contribution < -0.4 is 5.32 Å². The Bertz CT molecular complexity index is 459. The third kappa shape index (κ3) is 3.54. The van der Waals surface area contributed by atoms with Crippen LogP contribution in [0.2, 0.25) is 0 Å². The second kappa shape index (κ2) is 6.48. The molecule has 0 spiro atoms. The third-order valence-corrected chi connectivity index (χ3v) is 4.20. The number of carbonyl (C=O) groups excluding carboxylic acids is 1. The minimum Gasteiger partial charge on any atom is -0.339 e. The van der Waals surface area contributed by atoms with Crippen molar-refractivity contribution in [3.63, 3.8) is 0 Å². The molecule has 19 heavy (non-hydrogen) atoms. The van der Waals surface area contributed by atoms with Crippen LogP contribution in [-0.2, 0) is 0 Å². The first kappa shape index (κ1) is 14.5. The number of nitrogens with zero attached hydrogens (tertiary/aromatic N) is 1. The molecule has 3 nitrogen and oxygen atoms in total. The number of nitrogens with one attached hydrogen (secondary N) is 1. The van der Waals surface area contributed by atoms with Crippen molar-refractivity contribution in [2.24, 2.45) is 5.92 Å². The van der Waals surface area contributed by atoms with Crippen molar-refractivity contribution in [1.82, 2.24) is 10.2 Å². The van der Waals surface area contributed by atoms with Gasteiger partial charge >= 0.3 is 0 Å². The number of carbonyl (C=O) groups is 1. The molecule has 1 heterocycles. The van der Waals surface area contributed by atoms with Crippen molar-refractivity contribution < 1.29 is 9.18 Å². The normalized spacial score (nSPS) is 16.7. The Balaban J connectivity index is 1.99. The first-order valence-electron chi connectivity index (χ1n) is 6.50. The molecule has 0 saturated carbocycles. The van der Waals surface area contributed by atoms with Crippen LogP contribution in [0.3, 0.4) is 0 Å². The van der Waals surface area contributed by atoms with E-state index in [9.17, 15) is 9.18 Å². The molecule has 1 aromatic carbocycles. The lowest BCUT2D eigenvalue weighted by molar-refractivity contribution is 0.0690. The highest BCUT2D eigenvalue weighted by Crippen LogP contribution is 2.21. The van der Waals surface area contributed by atoms with E-state index in [4.69, 9.17) is 0 Å². The molecular weight excluding hydrogens is 311 g/mol. The monoisotopic (exact) mass is 328 g/mol. The average Bonchev–Trinajstić information content (AvgIpc) is 2.42. The van der Waals surface area contributed by atoms with E-state index in [0.29, 0.717) is 16.0 Å². The topological polar surface area (TPSA) is 32.3 Å². The van der Waals surface area contributed by atoms with E-state index in [0.717, 1.165) is 32.5 Å². The zero-order valence-electron chi connectivity index (χ0n) is 11.0. The van der Waals surface area contributed by atoms with Gasteiger partial charge in [-0.2, -0.15) is 0 Å². The van der Waals surface area contributed by atoms with Gasteiger partial charge in [0.2, 0.25) is 0 Å². The summed E-state index contributed by atoms with van der Waals surface area (Å²) in [6.07, 6.45) is 2.01. The number of amides is 1. The van der Waals surface area contributed by atoms with E-state index in [1.165, 1.54) is 6.07 Å². The molecule has 5 heteroatoms. The number of halogens is 2. The first-order chi connectivity index (χ1) is 9.11. The van der Waals surface area contributed by atoms with E-state index in [2.05, 4.69) is 21.2 Å². The summed E-state index contributed by atoms with van der Waals surface area (Å²) in [6, 6.07) is 4.54. The van der Waals surface area contributed by atoms with Crippen LogP contribution >= 0.6 is 15.9 Å². The summed E-state index contributed by atoms with van der Waals surface area (Å²) in [5.41, 5.74) is 0.424. The van der Waals surface area contributed by atoms with Crippen LogP contribution in [0.1, 0.15) is 23.2 Å². The lowest BCUT2D eigenvalue weighted by Crippen LogP contribution is -2.40. The molecule has 0 bridgehead atoms. The molecule has 1 aromatic rings. The molecule has 0 atom stereocenters. The molecule has 1 aliphatic rings. The summed E-state index contributed by atoms with van der Waals surface area (Å²) in [7, 11) is 1.95. The minimum atomic E-state index is -0.393. The molecule has 1 N–H and O–H groups in total. The Morgan fingerprint density at radius 2 is 2.16 bits per heavy atom. The summed E-state index contributed by atoms with van der Waals surface area (Å²) in [5.74, 6) is 0.168. The lowest BCUT2D eigenvalue weighted by atomic mass is 9.96. The van der Waals surface area contributed by atoms with E-state index < -0.39 is 5.82 Å².